The third-order valence-electron chi connectivity index (χ3n) is 4.84. The van der Waals surface area contributed by atoms with Crippen LogP contribution in [-0.4, -0.2) is 64.8 Å². The Bertz CT molecular complexity index is 885. The summed E-state index contributed by atoms with van der Waals surface area (Å²) in [6, 6.07) is 5.20. The molecule has 6 nitrogen and oxygen atoms in total. The molecule has 0 bridgehead atoms. The van der Waals surface area contributed by atoms with Gasteiger partial charge in [-0.15, -0.1) is 11.3 Å². The number of piperazine rings is 1. The normalized spacial score (nSPS) is 14.7. The number of hydrogen-bond donors (Lipinski definition) is 1. The Labute approximate surface area is 194 Å². The van der Waals surface area contributed by atoms with Crippen molar-refractivity contribution >= 4 is 58.1 Å². The minimum atomic E-state index is -0.172. The van der Waals surface area contributed by atoms with Crippen molar-refractivity contribution in [3.05, 3.63) is 49.9 Å². The molecule has 0 unspecified atom stereocenters. The standard InChI is InChI=1S/C20H24Cl2N4O2S2/c1-29-9-4-19(27)26-7-5-25(6-8-26)13-18-23-12-17(30-18)20(28)24-11-14-2-3-15(21)10-16(14)22/h2-3,10,12H,4-9,11,13H2,1H3,(H,24,28). The van der Waals surface area contributed by atoms with Crippen LogP contribution in [-0.2, 0) is 17.9 Å². The molecule has 0 atom stereocenters. The molecule has 2 amide bonds. The summed E-state index contributed by atoms with van der Waals surface area (Å²) in [4.78, 5) is 33.7. The fourth-order valence-corrected chi connectivity index (χ4v) is 4.84. The van der Waals surface area contributed by atoms with E-state index in [2.05, 4.69) is 15.2 Å². The van der Waals surface area contributed by atoms with Gasteiger partial charge in [-0.2, -0.15) is 11.8 Å². The molecule has 1 N–H and O–H groups in total. The lowest BCUT2D eigenvalue weighted by atomic mass is 10.2. The van der Waals surface area contributed by atoms with Crippen molar-refractivity contribution in [3.63, 3.8) is 0 Å². The summed E-state index contributed by atoms with van der Waals surface area (Å²) >= 11 is 15.1. The lowest BCUT2D eigenvalue weighted by molar-refractivity contribution is -0.132. The van der Waals surface area contributed by atoms with Crippen LogP contribution >= 0.6 is 46.3 Å². The molecule has 0 aliphatic carbocycles. The van der Waals surface area contributed by atoms with Crippen molar-refractivity contribution in [1.29, 1.82) is 0 Å². The lowest BCUT2D eigenvalue weighted by Crippen LogP contribution is -2.48. The summed E-state index contributed by atoms with van der Waals surface area (Å²) in [6.07, 6.45) is 4.23. The molecule has 1 aromatic heterocycles. The lowest BCUT2D eigenvalue weighted by Gasteiger charge is -2.34. The Morgan fingerprint density at radius 2 is 2.00 bits per heavy atom. The van der Waals surface area contributed by atoms with Crippen LogP contribution in [0, 0.1) is 0 Å². The number of hydrogen-bond acceptors (Lipinski definition) is 6. The summed E-state index contributed by atoms with van der Waals surface area (Å²) in [6.45, 7) is 4.15. The van der Waals surface area contributed by atoms with Gasteiger partial charge >= 0.3 is 0 Å². The first-order valence-electron chi connectivity index (χ1n) is 9.62. The number of thiazole rings is 1. The van der Waals surface area contributed by atoms with E-state index in [1.165, 1.54) is 11.3 Å². The maximum Gasteiger partial charge on any atom is 0.263 e. The van der Waals surface area contributed by atoms with Gasteiger partial charge in [0.1, 0.15) is 9.88 Å². The number of carbonyl (C=O) groups is 2. The highest BCUT2D eigenvalue weighted by Crippen LogP contribution is 2.21. The van der Waals surface area contributed by atoms with Crippen molar-refractivity contribution in [1.82, 2.24) is 20.1 Å². The summed E-state index contributed by atoms with van der Waals surface area (Å²) in [7, 11) is 0. The number of rotatable bonds is 8. The molecule has 162 valence electrons. The number of carbonyl (C=O) groups excluding carboxylic acids is 2. The fraction of sp³-hybridized carbons (Fsp3) is 0.450. The molecule has 1 aliphatic heterocycles. The van der Waals surface area contributed by atoms with Crippen LogP contribution in [0.1, 0.15) is 26.7 Å². The zero-order valence-electron chi connectivity index (χ0n) is 16.7. The van der Waals surface area contributed by atoms with Gasteiger partial charge < -0.3 is 10.2 Å². The Kier molecular flexibility index (Phi) is 8.83. The smallest absolute Gasteiger partial charge is 0.263 e. The topological polar surface area (TPSA) is 65.5 Å². The van der Waals surface area contributed by atoms with Crippen LogP contribution in [0.2, 0.25) is 10.0 Å². The minimum Gasteiger partial charge on any atom is -0.347 e. The Hall–Kier alpha value is -1.32. The van der Waals surface area contributed by atoms with E-state index in [1.54, 1.807) is 36.2 Å². The molecule has 1 aromatic carbocycles. The molecule has 10 heteroatoms. The SMILES string of the molecule is CSCCC(=O)N1CCN(Cc2ncc(C(=O)NCc3ccc(Cl)cc3Cl)s2)CC1. The number of thioether (sulfide) groups is 1. The van der Waals surface area contributed by atoms with E-state index in [-0.39, 0.29) is 11.8 Å². The van der Waals surface area contributed by atoms with E-state index in [0.29, 0.717) is 34.4 Å². The number of amides is 2. The highest BCUT2D eigenvalue weighted by molar-refractivity contribution is 7.98. The molecule has 1 fully saturated rings. The molecule has 0 spiro atoms. The van der Waals surface area contributed by atoms with Crippen molar-refractivity contribution in [3.8, 4) is 0 Å². The monoisotopic (exact) mass is 486 g/mol. The van der Waals surface area contributed by atoms with Crippen LogP contribution in [0.15, 0.2) is 24.4 Å². The van der Waals surface area contributed by atoms with E-state index in [9.17, 15) is 9.59 Å². The van der Waals surface area contributed by atoms with Crippen LogP contribution in [0.3, 0.4) is 0 Å². The predicted molar refractivity (Wildman–Crippen MR) is 125 cm³/mol. The second-order valence-corrected chi connectivity index (χ2v) is 9.88. The molecule has 1 saturated heterocycles. The minimum absolute atomic E-state index is 0.172. The second-order valence-electron chi connectivity index (χ2n) is 6.94. The summed E-state index contributed by atoms with van der Waals surface area (Å²) in [5.41, 5.74) is 0.809. The Morgan fingerprint density at radius 3 is 2.70 bits per heavy atom. The second kappa shape index (κ2) is 11.3. The Balaban J connectivity index is 1.46. The molecule has 2 heterocycles. The van der Waals surface area contributed by atoms with Gasteiger partial charge in [-0.1, -0.05) is 29.3 Å². The van der Waals surface area contributed by atoms with Crippen LogP contribution in [0.5, 0.6) is 0 Å². The number of benzene rings is 1. The summed E-state index contributed by atoms with van der Waals surface area (Å²) in [5, 5.41) is 4.86. The Morgan fingerprint density at radius 1 is 1.23 bits per heavy atom. The van der Waals surface area contributed by atoms with Gasteiger partial charge in [-0.05, 0) is 24.0 Å². The van der Waals surface area contributed by atoms with Crippen LogP contribution in [0.25, 0.3) is 0 Å². The summed E-state index contributed by atoms with van der Waals surface area (Å²) < 4.78 is 0. The van der Waals surface area contributed by atoms with Crippen molar-refractivity contribution < 1.29 is 9.59 Å². The number of aromatic nitrogens is 1. The first kappa shape index (κ1) is 23.3. The maximum atomic E-state index is 12.4. The quantitative estimate of drug-likeness (QED) is 0.614. The van der Waals surface area contributed by atoms with E-state index in [4.69, 9.17) is 23.2 Å². The molecule has 1 aliphatic rings. The molecule has 2 aromatic rings. The molecular weight excluding hydrogens is 463 g/mol. The van der Waals surface area contributed by atoms with Gasteiger partial charge in [0.25, 0.3) is 5.91 Å². The molecule has 0 radical (unpaired) electrons. The molecular formula is C20H24Cl2N4O2S2. The van der Waals surface area contributed by atoms with E-state index >= 15 is 0 Å². The molecule has 3 rings (SSSR count). The van der Waals surface area contributed by atoms with E-state index < -0.39 is 0 Å². The molecule has 30 heavy (non-hydrogen) atoms. The summed E-state index contributed by atoms with van der Waals surface area (Å²) in [5.74, 6) is 0.930. The highest BCUT2D eigenvalue weighted by Gasteiger charge is 2.22. The van der Waals surface area contributed by atoms with Gasteiger partial charge in [0.2, 0.25) is 5.91 Å². The van der Waals surface area contributed by atoms with Crippen LogP contribution < -0.4 is 5.32 Å². The van der Waals surface area contributed by atoms with Gasteiger partial charge in [-0.25, -0.2) is 4.98 Å². The number of halogens is 2. The van der Waals surface area contributed by atoms with Crippen molar-refractivity contribution in [2.75, 3.05) is 38.2 Å². The predicted octanol–water partition coefficient (Wildman–Crippen LogP) is 3.78. The van der Waals surface area contributed by atoms with Gasteiger partial charge in [0.15, 0.2) is 0 Å². The first-order valence-corrected chi connectivity index (χ1v) is 12.6. The third-order valence-corrected chi connectivity index (χ3v) is 7.02. The van der Waals surface area contributed by atoms with E-state index in [1.807, 2.05) is 11.2 Å². The zero-order chi connectivity index (χ0) is 21.5. The van der Waals surface area contributed by atoms with Gasteiger partial charge in [0.05, 0.1) is 12.7 Å². The zero-order valence-corrected chi connectivity index (χ0v) is 19.8. The number of nitrogens with one attached hydrogen (secondary N) is 1. The first-order chi connectivity index (χ1) is 14.5. The van der Waals surface area contributed by atoms with Gasteiger partial charge in [0, 0.05) is 54.9 Å². The highest BCUT2D eigenvalue weighted by atomic mass is 35.5. The van der Waals surface area contributed by atoms with E-state index in [0.717, 1.165) is 42.5 Å². The maximum absolute atomic E-state index is 12.4. The van der Waals surface area contributed by atoms with Gasteiger partial charge in [-0.3, -0.25) is 14.5 Å². The molecule has 0 saturated carbocycles. The average molecular weight is 487 g/mol. The van der Waals surface area contributed by atoms with Crippen LogP contribution in [0.4, 0.5) is 0 Å². The number of nitrogens with zero attached hydrogens (tertiary/aromatic N) is 3. The third kappa shape index (κ3) is 6.59. The van der Waals surface area contributed by atoms with Crippen molar-refractivity contribution in [2.45, 2.75) is 19.5 Å². The van der Waals surface area contributed by atoms with Crippen molar-refractivity contribution in [2.24, 2.45) is 0 Å². The largest absolute Gasteiger partial charge is 0.347 e. The average Bonchev–Trinajstić information content (AvgIpc) is 3.20. The fourth-order valence-electron chi connectivity index (χ4n) is 3.11.